The molecule has 1 aromatic heterocycles. The molecule has 2 unspecified atom stereocenters. The number of ether oxygens (including phenoxy) is 2. The van der Waals surface area contributed by atoms with Crippen LogP contribution in [0, 0.1) is 11.8 Å². The van der Waals surface area contributed by atoms with Crippen molar-refractivity contribution in [2.45, 2.75) is 25.8 Å². The first-order valence-corrected chi connectivity index (χ1v) is 14.8. The number of nitrogens with zero attached hydrogens (tertiary/aromatic N) is 3. The minimum atomic E-state index is -0.285. The van der Waals surface area contributed by atoms with E-state index in [9.17, 15) is 9.59 Å². The fourth-order valence-corrected chi connectivity index (χ4v) is 6.43. The molecule has 218 valence electrons. The summed E-state index contributed by atoms with van der Waals surface area (Å²) in [4.78, 5) is 34.1. The molecule has 2 amide bonds. The lowest BCUT2D eigenvalue weighted by atomic mass is 9.79. The largest absolute Gasteiger partial charge is 0.473 e. The number of rotatable bonds is 5. The summed E-state index contributed by atoms with van der Waals surface area (Å²) < 4.78 is 18.1. The fraction of sp³-hybridized carbons (Fsp3) is 0.194. The van der Waals surface area contributed by atoms with Crippen LogP contribution in [0.1, 0.15) is 24.8 Å². The molecule has 0 radical (unpaired) electrons. The first-order valence-electron chi connectivity index (χ1n) is 14.8. The standard InChI is InChI=1S/C36H29N3O5/c1-22-6-16-29-30(18-22)36(41)39(35(29)40)26-10-14-28(15-11-26)43-27-12-8-25(9-13-27)38-20-24-19-23(7-17-32(24)42-21-38)34-37-31-4-2-3-5-33(31)44-34/h2-5,7-15,17,19,29-30H,1,6,16,18,20-21H2. The summed E-state index contributed by atoms with van der Waals surface area (Å²) in [7, 11) is 0. The summed E-state index contributed by atoms with van der Waals surface area (Å²) in [6.07, 6.45) is 2.10. The Labute approximate surface area is 254 Å². The van der Waals surface area contributed by atoms with E-state index in [4.69, 9.17) is 13.9 Å². The van der Waals surface area contributed by atoms with Gasteiger partial charge in [-0.15, -0.1) is 0 Å². The van der Waals surface area contributed by atoms with Crippen LogP contribution in [0.5, 0.6) is 17.2 Å². The van der Waals surface area contributed by atoms with Crippen LogP contribution in [0.25, 0.3) is 22.6 Å². The van der Waals surface area contributed by atoms with Gasteiger partial charge in [0.1, 0.15) is 22.8 Å². The molecule has 44 heavy (non-hydrogen) atoms. The molecule has 3 aliphatic rings. The lowest BCUT2D eigenvalue weighted by Gasteiger charge is -2.31. The third-order valence-corrected chi connectivity index (χ3v) is 8.75. The zero-order valence-electron chi connectivity index (χ0n) is 23.9. The second-order valence-corrected chi connectivity index (χ2v) is 11.6. The predicted octanol–water partition coefficient (Wildman–Crippen LogP) is 7.49. The smallest absolute Gasteiger partial charge is 0.238 e. The Hall–Kier alpha value is -5.37. The molecule has 2 atom stereocenters. The SMILES string of the molecule is C=C1CCC2C(=O)N(c3ccc(Oc4ccc(N5COc6ccc(-c7nc8ccccc8o7)cc6C5)cc4)cc3)C(=O)C2C1. The number of fused-ring (bicyclic) bond motifs is 3. The molecule has 8 nitrogen and oxygen atoms in total. The minimum Gasteiger partial charge on any atom is -0.473 e. The Bertz CT molecular complexity index is 1900. The van der Waals surface area contributed by atoms with Crippen molar-refractivity contribution in [1.29, 1.82) is 0 Å². The first kappa shape index (κ1) is 26.3. The molecule has 1 saturated carbocycles. The van der Waals surface area contributed by atoms with Crippen LogP contribution in [0.4, 0.5) is 11.4 Å². The van der Waals surface area contributed by atoms with Gasteiger partial charge in [-0.2, -0.15) is 0 Å². The summed E-state index contributed by atoms with van der Waals surface area (Å²) >= 11 is 0. The van der Waals surface area contributed by atoms with Crippen LogP contribution >= 0.6 is 0 Å². The van der Waals surface area contributed by atoms with Crippen molar-refractivity contribution in [3.8, 4) is 28.7 Å². The third kappa shape index (κ3) is 4.59. The van der Waals surface area contributed by atoms with Gasteiger partial charge in [0.25, 0.3) is 0 Å². The number of allylic oxidation sites excluding steroid dienone is 1. The number of hydrogen-bond donors (Lipinski definition) is 0. The summed E-state index contributed by atoms with van der Waals surface area (Å²) in [6, 6.07) is 28.7. The number of para-hydroxylation sites is 2. The second kappa shape index (κ2) is 10.4. The van der Waals surface area contributed by atoms with Gasteiger partial charge in [0, 0.05) is 23.4 Å². The van der Waals surface area contributed by atoms with Crippen LogP contribution in [0.2, 0.25) is 0 Å². The maximum Gasteiger partial charge on any atom is 0.238 e. The Kier molecular flexibility index (Phi) is 6.22. The van der Waals surface area contributed by atoms with Crippen LogP contribution < -0.4 is 19.3 Å². The number of aromatic nitrogens is 1. The molecule has 0 bridgehead atoms. The topological polar surface area (TPSA) is 85.1 Å². The molecule has 1 aliphatic carbocycles. The van der Waals surface area contributed by atoms with E-state index in [1.807, 2.05) is 60.7 Å². The quantitative estimate of drug-likeness (QED) is 0.157. The van der Waals surface area contributed by atoms with Crippen molar-refractivity contribution < 1.29 is 23.5 Å². The fourth-order valence-electron chi connectivity index (χ4n) is 6.43. The third-order valence-electron chi connectivity index (χ3n) is 8.75. The van der Waals surface area contributed by atoms with Crippen molar-refractivity contribution in [2.75, 3.05) is 16.5 Å². The Balaban J connectivity index is 0.939. The van der Waals surface area contributed by atoms with E-state index in [1.165, 1.54) is 4.90 Å². The lowest BCUT2D eigenvalue weighted by molar-refractivity contribution is -0.122. The highest BCUT2D eigenvalue weighted by Gasteiger charge is 2.49. The van der Waals surface area contributed by atoms with Crippen molar-refractivity contribution >= 4 is 34.3 Å². The summed E-state index contributed by atoms with van der Waals surface area (Å²) in [5, 5.41) is 0. The monoisotopic (exact) mass is 583 g/mol. The molecule has 0 spiro atoms. The van der Waals surface area contributed by atoms with Gasteiger partial charge in [0.2, 0.25) is 17.7 Å². The van der Waals surface area contributed by atoms with Crippen LogP contribution in [0.15, 0.2) is 108 Å². The molecule has 1 saturated heterocycles. The van der Waals surface area contributed by atoms with Gasteiger partial charge in [-0.25, -0.2) is 4.98 Å². The zero-order chi connectivity index (χ0) is 29.8. The normalized spacial score (nSPS) is 19.6. The molecular weight excluding hydrogens is 554 g/mol. The van der Waals surface area contributed by atoms with Crippen molar-refractivity contribution in [3.05, 3.63) is 109 Å². The number of oxazole rings is 1. The second-order valence-electron chi connectivity index (χ2n) is 11.6. The van der Waals surface area contributed by atoms with E-state index in [-0.39, 0.29) is 23.7 Å². The van der Waals surface area contributed by atoms with Gasteiger partial charge in [-0.05, 0) is 98.1 Å². The number of amides is 2. The average Bonchev–Trinajstić information content (AvgIpc) is 3.59. The molecular formula is C36H29N3O5. The van der Waals surface area contributed by atoms with Crippen molar-refractivity contribution in [3.63, 3.8) is 0 Å². The lowest BCUT2D eigenvalue weighted by Crippen LogP contribution is -2.31. The van der Waals surface area contributed by atoms with E-state index in [2.05, 4.69) is 22.5 Å². The molecule has 2 aliphatic heterocycles. The van der Waals surface area contributed by atoms with Gasteiger partial charge in [0.15, 0.2) is 12.3 Å². The molecule has 5 aromatic rings. The van der Waals surface area contributed by atoms with Crippen LogP contribution in [-0.2, 0) is 16.1 Å². The van der Waals surface area contributed by atoms with Gasteiger partial charge >= 0.3 is 0 Å². The van der Waals surface area contributed by atoms with Crippen LogP contribution in [-0.4, -0.2) is 23.5 Å². The number of imide groups is 1. The number of benzene rings is 4. The molecule has 3 heterocycles. The molecule has 8 rings (SSSR count). The summed E-state index contributed by atoms with van der Waals surface area (Å²) in [5.74, 6) is 1.98. The number of anilines is 2. The summed E-state index contributed by atoms with van der Waals surface area (Å²) in [6.45, 7) is 5.14. The number of carbonyl (C=O) groups is 2. The van der Waals surface area contributed by atoms with E-state index in [1.54, 1.807) is 24.3 Å². The van der Waals surface area contributed by atoms with Crippen molar-refractivity contribution in [2.24, 2.45) is 11.8 Å². The number of hydrogen-bond acceptors (Lipinski definition) is 7. The minimum absolute atomic E-state index is 0.108. The molecule has 8 heteroatoms. The number of carbonyl (C=O) groups excluding carboxylic acids is 2. The molecule has 0 N–H and O–H groups in total. The average molecular weight is 584 g/mol. The van der Waals surface area contributed by atoms with E-state index in [0.29, 0.717) is 49.2 Å². The van der Waals surface area contributed by atoms with E-state index < -0.39 is 0 Å². The Morgan fingerprint density at radius 1 is 0.841 bits per heavy atom. The molecule has 2 fully saturated rings. The zero-order valence-corrected chi connectivity index (χ0v) is 23.9. The van der Waals surface area contributed by atoms with Gasteiger partial charge in [-0.1, -0.05) is 24.3 Å². The molecule has 4 aromatic carbocycles. The van der Waals surface area contributed by atoms with Crippen molar-refractivity contribution in [1.82, 2.24) is 4.98 Å². The van der Waals surface area contributed by atoms with E-state index in [0.717, 1.165) is 45.7 Å². The first-order chi connectivity index (χ1) is 21.5. The van der Waals surface area contributed by atoms with Crippen LogP contribution in [0.3, 0.4) is 0 Å². The van der Waals surface area contributed by atoms with E-state index >= 15 is 0 Å². The highest BCUT2D eigenvalue weighted by molar-refractivity contribution is 6.22. The van der Waals surface area contributed by atoms with Gasteiger partial charge in [-0.3, -0.25) is 14.5 Å². The Morgan fingerprint density at radius 2 is 1.57 bits per heavy atom. The maximum atomic E-state index is 13.0. The van der Waals surface area contributed by atoms with Gasteiger partial charge in [0.05, 0.1) is 17.5 Å². The van der Waals surface area contributed by atoms with Gasteiger partial charge < -0.3 is 18.8 Å². The predicted molar refractivity (Wildman–Crippen MR) is 167 cm³/mol. The Morgan fingerprint density at radius 3 is 2.34 bits per heavy atom. The maximum absolute atomic E-state index is 13.0. The summed E-state index contributed by atoms with van der Waals surface area (Å²) in [5.41, 5.74) is 6.17. The highest BCUT2D eigenvalue weighted by atomic mass is 16.5. The highest BCUT2D eigenvalue weighted by Crippen LogP contribution is 2.42.